The van der Waals surface area contributed by atoms with E-state index in [1.165, 1.54) is 12.1 Å². The molecule has 1 aliphatic carbocycles. The number of imide groups is 3. The Morgan fingerprint density at radius 3 is 2.52 bits per heavy atom. The Hall–Kier alpha value is -4.02. The van der Waals surface area contributed by atoms with Gasteiger partial charge < -0.3 is 24.8 Å². The highest BCUT2D eigenvalue weighted by Gasteiger charge is 2.57. The number of likely N-dealkylation sites (tertiary alicyclic amines) is 1. The van der Waals surface area contributed by atoms with E-state index in [1.807, 2.05) is 31.2 Å². The van der Waals surface area contributed by atoms with Crippen LogP contribution in [0, 0.1) is 23.6 Å². The number of hydrogen-bond donors (Lipinski definition) is 3. The first-order valence-corrected chi connectivity index (χ1v) is 14.0. The summed E-state index contributed by atoms with van der Waals surface area (Å²) >= 11 is 0. The fourth-order valence-corrected chi connectivity index (χ4v) is 5.97. The summed E-state index contributed by atoms with van der Waals surface area (Å²) in [5.41, 5.74) is 2.53. The number of nitrogens with zero attached hydrogens (tertiary/aromatic N) is 1. The van der Waals surface area contributed by atoms with E-state index in [2.05, 4.69) is 4.74 Å². The molecule has 1 aliphatic heterocycles. The number of benzene rings is 2. The van der Waals surface area contributed by atoms with Crippen LogP contribution in [0.2, 0.25) is 0 Å². The van der Waals surface area contributed by atoms with Crippen molar-refractivity contribution in [3.63, 3.8) is 0 Å². The van der Waals surface area contributed by atoms with Crippen molar-refractivity contribution in [2.75, 3.05) is 20.3 Å². The highest BCUT2D eigenvalue weighted by Crippen LogP contribution is 2.46. The lowest BCUT2D eigenvalue weighted by Gasteiger charge is -2.36. The summed E-state index contributed by atoms with van der Waals surface area (Å²) in [6.07, 6.45) is 1.87. The topological polar surface area (TPSA) is 134 Å². The molecular formula is C32H36FNO8. The lowest BCUT2D eigenvalue weighted by Crippen LogP contribution is -2.40. The fourth-order valence-electron chi connectivity index (χ4n) is 5.97. The summed E-state index contributed by atoms with van der Waals surface area (Å²) in [5.74, 6) is -4.90. The zero-order valence-corrected chi connectivity index (χ0v) is 23.7. The van der Waals surface area contributed by atoms with Gasteiger partial charge in [-0.1, -0.05) is 49.3 Å². The smallest absolute Gasteiger partial charge is 0.423 e. The predicted octanol–water partition coefficient (Wildman–Crippen LogP) is 4.61. The maximum Gasteiger partial charge on any atom is 0.423 e. The average Bonchev–Trinajstić information content (AvgIpc) is 3.24. The molecule has 0 aromatic heterocycles. The molecule has 3 amide bonds. The van der Waals surface area contributed by atoms with Gasteiger partial charge >= 0.3 is 6.09 Å². The molecule has 0 unspecified atom stereocenters. The van der Waals surface area contributed by atoms with Gasteiger partial charge in [0, 0.05) is 5.92 Å². The molecule has 1 heterocycles. The number of aliphatic hydroxyl groups is 2. The Balaban J connectivity index is 1.64. The molecule has 4 rings (SSSR count). The maximum absolute atomic E-state index is 13.9. The molecular weight excluding hydrogens is 545 g/mol. The van der Waals surface area contributed by atoms with E-state index in [9.17, 15) is 34.1 Å². The number of fused-ring (bicyclic) bond motifs is 1. The van der Waals surface area contributed by atoms with Gasteiger partial charge in [0.1, 0.15) is 12.4 Å². The van der Waals surface area contributed by atoms with E-state index in [4.69, 9.17) is 4.74 Å². The number of aliphatic hydroxyl groups excluding tert-OH is 2. The number of aromatic hydroxyl groups is 1. The SMILES string of the molecule is CCC/C(=C\c1ccc(O)c(F)c1)CC[C@@H](O)C1=C(COc2ccccc2)C[C@H]2C(=O)N(C(=O)OC)C(=O)[C@H]2[C@H]1CO. The van der Waals surface area contributed by atoms with E-state index in [-0.39, 0.29) is 19.4 Å². The molecule has 10 heteroatoms. The normalized spacial score (nSPS) is 21.4. The van der Waals surface area contributed by atoms with Crippen LogP contribution in [0.15, 0.2) is 65.3 Å². The quantitative estimate of drug-likeness (QED) is 0.259. The van der Waals surface area contributed by atoms with E-state index in [1.54, 1.807) is 18.2 Å². The van der Waals surface area contributed by atoms with Crippen LogP contribution < -0.4 is 4.74 Å². The molecule has 0 radical (unpaired) electrons. The van der Waals surface area contributed by atoms with Crippen LogP contribution in [0.25, 0.3) is 6.08 Å². The zero-order valence-electron chi connectivity index (χ0n) is 23.7. The predicted molar refractivity (Wildman–Crippen MR) is 152 cm³/mol. The van der Waals surface area contributed by atoms with Gasteiger partial charge in [-0.2, -0.15) is 4.90 Å². The molecule has 3 N–H and O–H groups in total. The number of para-hydroxylation sites is 1. The Morgan fingerprint density at radius 1 is 1.14 bits per heavy atom. The van der Waals surface area contributed by atoms with Crippen LogP contribution in [0.4, 0.5) is 9.18 Å². The largest absolute Gasteiger partial charge is 0.505 e. The van der Waals surface area contributed by atoms with Crippen LogP contribution >= 0.6 is 0 Å². The zero-order chi connectivity index (χ0) is 30.4. The number of carbonyl (C=O) groups excluding carboxylic acids is 3. The molecule has 1 saturated heterocycles. The van der Waals surface area contributed by atoms with Gasteiger partial charge in [0.2, 0.25) is 11.8 Å². The molecule has 9 nitrogen and oxygen atoms in total. The molecule has 2 aliphatic rings. The fraction of sp³-hybridized carbons (Fsp3) is 0.406. The van der Waals surface area contributed by atoms with Gasteiger partial charge in [0.25, 0.3) is 0 Å². The number of carbonyl (C=O) groups is 3. The second-order valence-electron chi connectivity index (χ2n) is 10.6. The molecule has 224 valence electrons. The number of halogens is 1. The van der Waals surface area contributed by atoms with Crippen molar-refractivity contribution in [2.45, 2.75) is 45.1 Å². The summed E-state index contributed by atoms with van der Waals surface area (Å²) < 4.78 is 24.5. The van der Waals surface area contributed by atoms with Crippen molar-refractivity contribution in [1.82, 2.24) is 4.90 Å². The van der Waals surface area contributed by atoms with Crippen LogP contribution in [-0.2, 0) is 14.3 Å². The van der Waals surface area contributed by atoms with E-state index in [0.29, 0.717) is 40.2 Å². The van der Waals surface area contributed by atoms with Gasteiger partial charge in [-0.05, 0) is 66.7 Å². The summed E-state index contributed by atoms with van der Waals surface area (Å²) in [7, 11) is 1.08. The van der Waals surface area contributed by atoms with Crippen LogP contribution in [0.5, 0.6) is 11.5 Å². The molecule has 1 fully saturated rings. The lowest BCUT2D eigenvalue weighted by atomic mass is 9.68. The maximum atomic E-state index is 13.9. The van der Waals surface area contributed by atoms with Crippen molar-refractivity contribution in [3.05, 3.63) is 76.6 Å². The monoisotopic (exact) mass is 581 g/mol. The number of allylic oxidation sites excluding steroid dienone is 1. The standard InChI is InChI=1S/C32H36FNO8/c1-3-7-19(14-20-11-12-26(36)25(33)15-20)10-13-27(37)28-21(18-42-22-8-5-4-6-9-22)16-23-29(24(28)17-35)31(39)34(30(23)38)32(40)41-2/h4-6,8-9,11-12,14-15,23-24,27,29,35-37H,3,7,10,13,16-18H2,1-2H3/b19-14+/t23-,24+,27-,29-/m1/s1. The molecule has 2 aromatic carbocycles. The third kappa shape index (κ3) is 6.55. The Bertz CT molecular complexity index is 1370. The third-order valence-electron chi connectivity index (χ3n) is 7.91. The number of phenolic OH excluding ortho intramolecular Hbond substituents is 1. The Morgan fingerprint density at radius 2 is 1.88 bits per heavy atom. The third-order valence-corrected chi connectivity index (χ3v) is 7.91. The van der Waals surface area contributed by atoms with Crippen LogP contribution in [0.3, 0.4) is 0 Å². The van der Waals surface area contributed by atoms with Crippen LogP contribution in [0.1, 0.15) is 44.6 Å². The van der Waals surface area contributed by atoms with Crippen LogP contribution in [-0.4, -0.2) is 64.6 Å². The average molecular weight is 582 g/mol. The summed E-state index contributed by atoms with van der Waals surface area (Å²) in [5, 5.41) is 31.6. The summed E-state index contributed by atoms with van der Waals surface area (Å²) in [4.78, 5) is 39.2. The minimum Gasteiger partial charge on any atom is -0.505 e. The molecule has 42 heavy (non-hydrogen) atoms. The Kier molecular flexibility index (Phi) is 10.1. The summed E-state index contributed by atoms with van der Waals surface area (Å²) in [6.45, 7) is 1.49. The van der Waals surface area contributed by atoms with Crippen molar-refractivity contribution in [3.8, 4) is 11.5 Å². The summed E-state index contributed by atoms with van der Waals surface area (Å²) in [6, 6.07) is 13.1. The minimum absolute atomic E-state index is 0.0141. The second kappa shape index (κ2) is 13.8. The first kappa shape index (κ1) is 30.9. The molecule has 0 spiro atoms. The van der Waals surface area contributed by atoms with Gasteiger partial charge in [-0.15, -0.1) is 0 Å². The highest BCUT2D eigenvalue weighted by molar-refractivity contribution is 6.16. The van der Waals surface area contributed by atoms with Crippen molar-refractivity contribution >= 4 is 24.0 Å². The minimum atomic E-state index is -1.09. The first-order chi connectivity index (χ1) is 20.2. The first-order valence-electron chi connectivity index (χ1n) is 14.0. The number of rotatable bonds is 11. The second-order valence-corrected chi connectivity index (χ2v) is 10.6. The number of phenols is 1. The van der Waals surface area contributed by atoms with Gasteiger partial charge in [0.05, 0.1) is 31.7 Å². The van der Waals surface area contributed by atoms with Crippen molar-refractivity contribution in [2.24, 2.45) is 17.8 Å². The van der Waals surface area contributed by atoms with E-state index >= 15 is 0 Å². The number of amides is 3. The van der Waals surface area contributed by atoms with Gasteiger partial charge in [0.15, 0.2) is 11.6 Å². The molecule has 0 saturated carbocycles. The molecule has 4 atom stereocenters. The number of ether oxygens (including phenoxy) is 2. The molecule has 0 bridgehead atoms. The van der Waals surface area contributed by atoms with E-state index in [0.717, 1.165) is 19.1 Å². The molecule has 2 aromatic rings. The van der Waals surface area contributed by atoms with Crippen molar-refractivity contribution in [1.29, 1.82) is 0 Å². The number of hydrogen-bond acceptors (Lipinski definition) is 8. The highest BCUT2D eigenvalue weighted by atomic mass is 19.1. The van der Waals surface area contributed by atoms with Crippen molar-refractivity contribution < 1.29 is 43.6 Å². The van der Waals surface area contributed by atoms with Gasteiger partial charge in [-0.25, -0.2) is 9.18 Å². The van der Waals surface area contributed by atoms with Gasteiger partial charge in [-0.3, -0.25) is 9.59 Å². The number of methoxy groups -OCH3 is 1. The lowest BCUT2D eigenvalue weighted by molar-refractivity contribution is -0.137. The Labute approximate surface area is 243 Å². The van der Waals surface area contributed by atoms with E-state index < -0.39 is 59.9 Å².